The van der Waals surface area contributed by atoms with Gasteiger partial charge in [-0.15, -0.1) is 0 Å². The fourth-order valence-corrected chi connectivity index (χ4v) is 0.895. The minimum atomic E-state index is -0.858. The lowest BCUT2D eigenvalue weighted by atomic mass is 10.2. The van der Waals surface area contributed by atoms with Crippen LogP contribution in [0.2, 0.25) is 0 Å². The van der Waals surface area contributed by atoms with E-state index in [4.69, 9.17) is 5.21 Å². The summed E-state index contributed by atoms with van der Waals surface area (Å²) in [7, 11) is 1.93. The van der Waals surface area contributed by atoms with E-state index in [1.807, 2.05) is 7.05 Å². The van der Waals surface area contributed by atoms with Gasteiger partial charge in [0.15, 0.2) is 11.6 Å². The number of hydrogen-bond acceptors (Lipinski definition) is 6. The summed E-state index contributed by atoms with van der Waals surface area (Å²) >= 11 is 0. The molecule has 0 atom stereocenters. The number of anilines is 1. The Morgan fingerprint density at radius 1 is 1.58 bits per heavy atom. The smallest absolute Gasteiger partial charge is 0.276 e. The summed E-state index contributed by atoms with van der Waals surface area (Å²) in [6.07, 6.45) is 1.62. The highest BCUT2D eigenvalue weighted by molar-refractivity contribution is 5.93. The van der Waals surface area contributed by atoms with Crippen molar-refractivity contribution >= 4 is 18.0 Å². The van der Waals surface area contributed by atoms with Gasteiger partial charge in [-0.05, 0) is 19.7 Å². The lowest BCUT2D eigenvalue weighted by molar-refractivity contribution is -0.106. The van der Waals surface area contributed by atoms with Crippen LogP contribution in [-0.4, -0.2) is 42.5 Å². The molecule has 0 unspecified atom stereocenters. The number of aldehydes is 1. The molecule has 1 aromatic rings. The van der Waals surface area contributed by atoms with Crippen LogP contribution in [0.15, 0.2) is 12.3 Å². The number of rotatable bonds is 5. The molecule has 106 valence electrons. The topological polar surface area (TPSA) is 103 Å². The standard InChI is InChI=1S/C8H8FN3O3.C3H9N/c9-6-3-5(8(14)12-15)4-11-7(6)10-1-2-13;1-3-4-2/h2-4,15H,1H2,(H,10,11)(H,12,14);4H,3H2,1-2H3. The molecule has 0 saturated heterocycles. The van der Waals surface area contributed by atoms with Crippen molar-refractivity contribution in [3.8, 4) is 0 Å². The molecule has 4 N–H and O–H groups in total. The van der Waals surface area contributed by atoms with Crippen molar-refractivity contribution < 1.29 is 19.2 Å². The van der Waals surface area contributed by atoms with Crippen LogP contribution in [0.3, 0.4) is 0 Å². The van der Waals surface area contributed by atoms with Crippen LogP contribution in [0.1, 0.15) is 17.3 Å². The van der Waals surface area contributed by atoms with Crippen LogP contribution in [0.5, 0.6) is 0 Å². The molecule has 0 spiro atoms. The molecule has 0 fully saturated rings. The second-order valence-corrected chi connectivity index (χ2v) is 3.25. The Bertz CT molecular complexity index is 413. The molecule has 1 aromatic heterocycles. The van der Waals surface area contributed by atoms with E-state index in [1.54, 1.807) is 0 Å². The monoisotopic (exact) mass is 272 g/mol. The molecule has 0 aliphatic rings. The molecular formula is C11H17FN4O3. The molecule has 0 aliphatic heterocycles. The predicted molar refractivity (Wildman–Crippen MR) is 67.6 cm³/mol. The third-order valence-electron chi connectivity index (χ3n) is 1.91. The number of hydroxylamine groups is 1. The van der Waals surface area contributed by atoms with Crippen LogP contribution < -0.4 is 16.1 Å². The third-order valence-corrected chi connectivity index (χ3v) is 1.91. The van der Waals surface area contributed by atoms with Crippen LogP contribution >= 0.6 is 0 Å². The zero-order valence-electron chi connectivity index (χ0n) is 10.7. The van der Waals surface area contributed by atoms with Gasteiger partial charge in [0.1, 0.15) is 6.29 Å². The summed E-state index contributed by atoms with van der Waals surface area (Å²) in [5, 5.41) is 13.6. The summed E-state index contributed by atoms with van der Waals surface area (Å²) < 4.78 is 13.2. The largest absolute Gasteiger partial charge is 0.361 e. The first kappa shape index (κ1) is 16.9. The summed E-state index contributed by atoms with van der Waals surface area (Å²) in [5.41, 5.74) is 1.23. The van der Waals surface area contributed by atoms with Gasteiger partial charge in [0, 0.05) is 6.20 Å². The molecule has 7 nitrogen and oxygen atoms in total. The van der Waals surface area contributed by atoms with Crippen molar-refractivity contribution in [3.05, 3.63) is 23.6 Å². The summed E-state index contributed by atoms with van der Waals surface area (Å²) in [5.74, 6) is -1.77. The van der Waals surface area contributed by atoms with Gasteiger partial charge in [-0.2, -0.15) is 0 Å². The molecule has 0 bridgehead atoms. The molecule has 1 amide bonds. The van der Waals surface area contributed by atoms with Crippen molar-refractivity contribution in [3.63, 3.8) is 0 Å². The number of aromatic nitrogens is 1. The number of amides is 1. The van der Waals surface area contributed by atoms with Crippen molar-refractivity contribution in [2.45, 2.75) is 6.92 Å². The number of pyridine rings is 1. The maximum Gasteiger partial charge on any atom is 0.276 e. The average Bonchev–Trinajstić information content (AvgIpc) is 2.45. The number of carbonyl (C=O) groups excluding carboxylic acids is 2. The Morgan fingerprint density at radius 3 is 2.63 bits per heavy atom. The van der Waals surface area contributed by atoms with Gasteiger partial charge in [-0.1, -0.05) is 6.92 Å². The van der Waals surface area contributed by atoms with Gasteiger partial charge < -0.3 is 15.4 Å². The summed E-state index contributed by atoms with van der Waals surface area (Å²) in [4.78, 5) is 24.4. The normalized spacial score (nSPS) is 9.05. The maximum absolute atomic E-state index is 13.2. The summed E-state index contributed by atoms with van der Waals surface area (Å²) in [6.45, 7) is 3.06. The number of hydrogen-bond donors (Lipinski definition) is 4. The van der Waals surface area contributed by atoms with Crippen LogP contribution in [-0.2, 0) is 4.79 Å². The van der Waals surface area contributed by atoms with Gasteiger partial charge in [-0.25, -0.2) is 14.9 Å². The first-order valence-electron chi connectivity index (χ1n) is 5.52. The van der Waals surface area contributed by atoms with Crippen molar-refractivity contribution in [2.75, 3.05) is 25.5 Å². The average molecular weight is 272 g/mol. The van der Waals surface area contributed by atoms with Gasteiger partial charge in [0.25, 0.3) is 5.91 Å². The van der Waals surface area contributed by atoms with Gasteiger partial charge >= 0.3 is 0 Å². The minimum Gasteiger partial charge on any atom is -0.361 e. The predicted octanol–water partition coefficient (Wildman–Crippen LogP) is 0.176. The van der Waals surface area contributed by atoms with Gasteiger partial charge in [0.2, 0.25) is 0 Å². The highest BCUT2D eigenvalue weighted by atomic mass is 19.1. The molecule has 1 rings (SSSR count). The quantitative estimate of drug-likeness (QED) is 0.346. The van der Waals surface area contributed by atoms with Crippen LogP contribution in [0.25, 0.3) is 0 Å². The van der Waals surface area contributed by atoms with Gasteiger partial charge in [-0.3, -0.25) is 10.0 Å². The molecule has 0 saturated carbocycles. The SMILES string of the molecule is CCNC.O=CCNc1ncc(C(=O)NO)cc1F. The Hall–Kier alpha value is -2.06. The molecular weight excluding hydrogens is 255 g/mol. The molecule has 19 heavy (non-hydrogen) atoms. The molecule has 8 heteroatoms. The first-order chi connectivity index (χ1) is 9.10. The minimum absolute atomic E-state index is 0.0739. The van der Waals surface area contributed by atoms with E-state index < -0.39 is 11.7 Å². The van der Waals surface area contributed by atoms with E-state index >= 15 is 0 Å². The molecule has 0 radical (unpaired) electrons. The zero-order chi connectivity index (χ0) is 14.7. The second kappa shape index (κ2) is 9.92. The summed E-state index contributed by atoms with van der Waals surface area (Å²) in [6, 6.07) is 0.895. The van der Waals surface area contributed by atoms with Crippen molar-refractivity contribution in [1.29, 1.82) is 0 Å². The molecule has 0 aromatic carbocycles. The van der Waals surface area contributed by atoms with E-state index in [-0.39, 0.29) is 17.9 Å². The number of nitrogens with zero attached hydrogens (tertiary/aromatic N) is 1. The molecule has 1 heterocycles. The van der Waals surface area contributed by atoms with Crippen molar-refractivity contribution in [1.82, 2.24) is 15.8 Å². The number of nitrogens with one attached hydrogen (secondary N) is 3. The number of halogens is 1. The van der Waals surface area contributed by atoms with Gasteiger partial charge in [0.05, 0.1) is 12.1 Å². The highest BCUT2D eigenvalue weighted by Gasteiger charge is 2.09. The molecule has 0 aliphatic carbocycles. The lowest BCUT2D eigenvalue weighted by Crippen LogP contribution is -2.19. The Balaban J connectivity index is 0.000000711. The van der Waals surface area contributed by atoms with E-state index in [9.17, 15) is 14.0 Å². The second-order valence-electron chi connectivity index (χ2n) is 3.25. The van der Waals surface area contributed by atoms with Crippen molar-refractivity contribution in [2.24, 2.45) is 0 Å². The first-order valence-corrected chi connectivity index (χ1v) is 5.52. The Kier molecular flexibility index (Phi) is 8.84. The van der Waals surface area contributed by atoms with E-state index in [0.29, 0.717) is 6.29 Å². The van der Waals surface area contributed by atoms with Crippen LogP contribution in [0, 0.1) is 5.82 Å². The fourth-order valence-electron chi connectivity index (χ4n) is 0.895. The highest BCUT2D eigenvalue weighted by Crippen LogP contribution is 2.11. The lowest BCUT2D eigenvalue weighted by Gasteiger charge is -2.04. The third kappa shape index (κ3) is 6.43. The van der Waals surface area contributed by atoms with Crippen LogP contribution in [0.4, 0.5) is 10.2 Å². The van der Waals surface area contributed by atoms with E-state index in [1.165, 1.54) is 5.48 Å². The van der Waals surface area contributed by atoms with E-state index in [0.717, 1.165) is 18.8 Å². The Labute approximate surface area is 110 Å². The van der Waals surface area contributed by atoms with E-state index in [2.05, 4.69) is 22.5 Å². The Morgan fingerprint density at radius 2 is 2.21 bits per heavy atom. The number of carbonyl (C=O) groups is 2. The zero-order valence-corrected chi connectivity index (χ0v) is 10.7. The fraction of sp³-hybridized carbons (Fsp3) is 0.364. The maximum atomic E-state index is 13.2.